The van der Waals surface area contributed by atoms with Gasteiger partial charge >= 0.3 is 0 Å². The van der Waals surface area contributed by atoms with Gasteiger partial charge in [0, 0.05) is 18.0 Å². The Hall–Kier alpha value is -1.61. The Morgan fingerprint density at radius 1 is 1.33 bits per heavy atom. The van der Waals surface area contributed by atoms with Crippen molar-refractivity contribution < 1.29 is 5.11 Å². The van der Waals surface area contributed by atoms with E-state index in [2.05, 4.69) is 9.97 Å². The topological polar surface area (TPSA) is 48.9 Å². The van der Waals surface area contributed by atoms with Crippen LogP contribution in [0.3, 0.4) is 0 Å². The van der Waals surface area contributed by atoms with Crippen LogP contribution in [0.25, 0.3) is 11.4 Å². The summed E-state index contributed by atoms with van der Waals surface area (Å²) >= 11 is 0. The molecule has 0 saturated heterocycles. The monoisotopic (exact) mass is 202 g/mol. The van der Waals surface area contributed by atoms with Crippen LogP contribution in [-0.4, -0.2) is 15.1 Å². The minimum Gasteiger partial charge on any atom is -0.386 e. The number of nitrogens with zero attached hydrogens (tertiary/aromatic N) is 1. The van der Waals surface area contributed by atoms with Gasteiger partial charge in [0.15, 0.2) is 0 Å². The van der Waals surface area contributed by atoms with Gasteiger partial charge in [0.05, 0.1) is 5.60 Å². The normalized spacial score (nSPS) is 11.7. The maximum absolute atomic E-state index is 9.88. The van der Waals surface area contributed by atoms with E-state index in [1.807, 2.05) is 24.3 Å². The molecule has 78 valence electrons. The molecule has 0 radical (unpaired) electrons. The maximum Gasteiger partial charge on any atom is 0.137 e. The summed E-state index contributed by atoms with van der Waals surface area (Å²) in [5.74, 6) is 0.820. The van der Waals surface area contributed by atoms with Crippen LogP contribution < -0.4 is 0 Å². The lowest BCUT2D eigenvalue weighted by Crippen LogP contribution is -2.15. The number of aliphatic hydroxyl groups is 1. The smallest absolute Gasteiger partial charge is 0.137 e. The number of aromatic amines is 1. The lowest BCUT2D eigenvalue weighted by atomic mass is 9.96. The van der Waals surface area contributed by atoms with Gasteiger partial charge in [-0.2, -0.15) is 0 Å². The summed E-state index contributed by atoms with van der Waals surface area (Å²) in [5, 5.41) is 9.88. The molecule has 0 aliphatic heterocycles. The number of hydrogen-bond acceptors (Lipinski definition) is 2. The number of hydrogen-bond donors (Lipinski definition) is 2. The largest absolute Gasteiger partial charge is 0.386 e. The van der Waals surface area contributed by atoms with Gasteiger partial charge in [-0.1, -0.05) is 18.2 Å². The van der Waals surface area contributed by atoms with E-state index >= 15 is 0 Å². The zero-order valence-electron chi connectivity index (χ0n) is 8.86. The van der Waals surface area contributed by atoms with Crippen LogP contribution in [-0.2, 0) is 5.60 Å². The minimum atomic E-state index is -0.817. The number of benzene rings is 1. The van der Waals surface area contributed by atoms with Crippen molar-refractivity contribution in [3.05, 3.63) is 42.2 Å². The Morgan fingerprint density at radius 3 is 2.73 bits per heavy atom. The summed E-state index contributed by atoms with van der Waals surface area (Å²) in [5.41, 5.74) is 1.05. The highest BCUT2D eigenvalue weighted by molar-refractivity contribution is 5.56. The standard InChI is InChI=1S/C12H14N2O/c1-12(2,15)10-5-3-4-9(8-10)11-13-6-7-14-11/h3-8,15H,1-2H3,(H,13,14). The molecule has 1 aromatic carbocycles. The van der Waals surface area contributed by atoms with Crippen molar-refractivity contribution in [1.82, 2.24) is 9.97 Å². The zero-order valence-corrected chi connectivity index (χ0v) is 8.86. The first-order valence-corrected chi connectivity index (χ1v) is 4.90. The van der Waals surface area contributed by atoms with Gasteiger partial charge in [0.2, 0.25) is 0 Å². The van der Waals surface area contributed by atoms with Crippen molar-refractivity contribution in [2.45, 2.75) is 19.4 Å². The molecule has 2 N–H and O–H groups in total. The molecule has 2 aromatic rings. The number of imidazole rings is 1. The van der Waals surface area contributed by atoms with Gasteiger partial charge in [-0.3, -0.25) is 0 Å². The minimum absolute atomic E-state index is 0.817. The maximum atomic E-state index is 9.88. The molecular weight excluding hydrogens is 188 g/mol. The number of H-pyrrole nitrogens is 1. The lowest BCUT2D eigenvalue weighted by molar-refractivity contribution is 0.0786. The van der Waals surface area contributed by atoms with Crippen LogP contribution >= 0.6 is 0 Å². The predicted molar refractivity (Wildman–Crippen MR) is 59.3 cm³/mol. The first kappa shape index (κ1) is 9.93. The average molecular weight is 202 g/mol. The summed E-state index contributed by atoms with van der Waals surface area (Å²) in [6.07, 6.45) is 3.50. The molecule has 0 atom stereocenters. The van der Waals surface area contributed by atoms with Gasteiger partial charge in [0.1, 0.15) is 5.82 Å². The fraction of sp³-hybridized carbons (Fsp3) is 0.250. The van der Waals surface area contributed by atoms with Gasteiger partial charge in [-0.05, 0) is 25.5 Å². The third-order valence-electron chi connectivity index (χ3n) is 2.34. The summed E-state index contributed by atoms with van der Waals surface area (Å²) < 4.78 is 0. The van der Waals surface area contributed by atoms with Crippen molar-refractivity contribution in [1.29, 1.82) is 0 Å². The van der Waals surface area contributed by atoms with Crippen LogP contribution in [0.1, 0.15) is 19.4 Å². The Bertz CT molecular complexity index is 441. The van der Waals surface area contributed by atoms with Crippen molar-refractivity contribution in [2.24, 2.45) is 0 Å². The third-order valence-corrected chi connectivity index (χ3v) is 2.34. The first-order chi connectivity index (χ1) is 7.07. The number of nitrogens with one attached hydrogen (secondary N) is 1. The third kappa shape index (κ3) is 2.07. The van der Waals surface area contributed by atoms with Gasteiger partial charge < -0.3 is 10.1 Å². The summed E-state index contributed by atoms with van der Waals surface area (Å²) in [7, 11) is 0. The first-order valence-electron chi connectivity index (χ1n) is 4.90. The molecule has 0 unspecified atom stereocenters. The van der Waals surface area contributed by atoms with Gasteiger partial charge in [-0.15, -0.1) is 0 Å². The van der Waals surface area contributed by atoms with Crippen LogP contribution in [0.5, 0.6) is 0 Å². The SMILES string of the molecule is CC(C)(O)c1cccc(-c2ncc[nH]2)c1. The zero-order chi connectivity index (χ0) is 10.9. The molecule has 1 heterocycles. The summed E-state index contributed by atoms with van der Waals surface area (Å²) in [4.78, 5) is 7.21. The van der Waals surface area contributed by atoms with Crippen molar-refractivity contribution >= 4 is 0 Å². The molecule has 1 aromatic heterocycles. The summed E-state index contributed by atoms with van der Waals surface area (Å²) in [6, 6.07) is 7.74. The molecule has 3 nitrogen and oxygen atoms in total. The Morgan fingerprint density at radius 2 is 2.13 bits per heavy atom. The molecule has 0 aliphatic carbocycles. The molecule has 0 spiro atoms. The molecule has 0 fully saturated rings. The molecule has 3 heteroatoms. The van der Waals surface area contributed by atoms with E-state index in [0.29, 0.717) is 0 Å². The predicted octanol–water partition coefficient (Wildman–Crippen LogP) is 2.30. The molecule has 0 saturated carbocycles. The molecule has 0 amide bonds. The molecule has 15 heavy (non-hydrogen) atoms. The average Bonchev–Trinajstić information content (AvgIpc) is 2.69. The van der Waals surface area contributed by atoms with Crippen LogP contribution in [0.2, 0.25) is 0 Å². The van der Waals surface area contributed by atoms with Crippen molar-refractivity contribution in [3.8, 4) is 11.4 Å². The van der Waals surface area contributed by atoms with E-state index < -0.39 is 5.60 Å². The fourth-order valence-electron chi connectivity index (χ4n) is 1.47. The Balaban J connectivity index is 2.44. The second-order valence-corrected chi connectivity index (χ2v) is 4.08. The van der Waals surface area contributed by atoms with E-state index in [1.165, 1.54) is 0 Å². The quantitative estimate of drug-likeness (QED) is 0.785. The highest BCUT2D eigenvalue weighted by atomic mass is 16.3. The molecule has 2 rings (SSSR count). The molecular formula is C12H14N2O. The number of aromatic nitrogens is 2. The fourth-order valence-corrected chi connectivity index (χ4v) is 1.47. The van der Waals surface area contributed by atoms with E-state index in [0.717, 1.165) is 17.0 Å². The van der Waals surface area contributed by atoms with E-state index in [4.69, 9.17) is 0 Å². The number of rotatable bonds is 2. The lowest BCUT2D eigenvalue weighted by Gasteiger charge is -2.18. The highest BCUT2D eigenvalue weighted by Crippen LogP contribution is 2.24. The van der Waals surface area contributed by atoms with E-state index in [-0.39, 0.29) is 0 Å². The highest BCUT2D eigenvalue weighted by Gasteiger charge is 2.16. The van der Waals surface area contributed by atoms with Gasteiger partial charge in [-0.25, -0.2) is 4.98 Å². The Kier molecular flexibility index (Phi) is 2.32. The molecule has 0 bridgehead atoms. The summed E-state index contributed by atoms with van der Waals surface area (Å²) in [6.45, 7) is 3.54. The van der Waals surface area contributed by atoms with E-state index in [9.17, 15) is 5.11 Å². The van der Waals surface area contributed by atoms with Crippen LogP contribution in [0, 0.1) is 0 Å². The Labute approximate surface area is 88.8 Å². The van der Waals surface area contributed by atoms with E-state index in [1.54, 1.807) is 26.2 Å². The van der Waals surface area contributed by atoms with Gasteiger partial charge in [0.25, 0.3) is 0 Å². The second-order valence-electron chi connectivity index (χ2n) is 4.08. The molecule has 0 aliphatic rings. The van der Waals surface area contributed by atoms with Crippen LogP contribution in [0.4, 0.5) is 0 Å². The second kappa shape index (κ2) is 3.51. The van der Waals surface area contributed by atoms with Crippen LogP contribution in [0.15, 0.2) is 36.7 Å². The van der Waals surface area contributed by atoms with Crippen molar-refractivity contribution in [2.75, 3.05) is 0 Å². The van der Waals surface area contributed by atoms with Crippen molar-refractivity contribution in [3.63, 3.8) is 0 Å².